The lowest BCUT2D eigenvalue weighted by Crippen LogP contribution is -1.97. The van der Waals surface area contributed by atoms with Crippen molar-refractivity contribution in [3.8, 4) is 11.5 Å². The average molecular weight is 346 g/mol. The molecule has 0 aliphatic carbocycles. The number of furan rings is 1. The Kier molecular flexibility index (Phi) is 4.42. The van der Waals surface area contributed by atoms with E-state index in [9.17, 15) is 0 Å². The van der Waals surface area contributed by atoms with E-state index in [1.165, 1.54) is 0 Å². The van der Waals surface area contributed by atoms with Gasteiger partial charge in [0, 0.05) is 10.0 Å². The van der Waals surface area contributed by atoms with Crippen LogP contribution in [0.1, 0.15) is 22.3 Å². The van der Waals surface area contributed by atoms with Crippen LogP contribution in [-0.4, -0.2) is 14.2 Å². The van der Waals surface area contributed by atoms with Crippen molar-refractivity contribution >= 4 is 27.5 Å². The molecule has 0 amide bonds. The van der Waals surface area contributed by atoms with Gasteiger partial charge in [0.25, 0.3) is 0 Å². The molecule has 0 bridgehead atoms. The summed E-state index contributed by atoms with van der Waals surface area (Å²) in [7, 11) is 3.20. The predicted molar refractivity (Wildman–Crippen MR) is 78.4 cm³/mol. The molecule has 102 valence electrons. The third kappa shape index (κ3) is 2.90. The monoisotopic (exact) mass is 344 g/mol. The van der Waals surface area contributed by atoms with Gasteiger partial charge in [0.1, 0.15) is 5.76 Å². The molecule has 0 saturated heterocycles. The fourth-order valence-corrected chi connectivity index (χ4v) is 2.82. The molecule has 0 aliphatic heterocycles. The quantitative estimate of drug-likeness (QED) is 0.753. The molecular formula is C14H14BrClO3. The molecule has 0 spiro atoms. The Labute approximate surface area is 125 Å². The Morgan fingerprint density at radius 3 is 2.32 bits per heavy atom. The van der Waals surface area contributed by atoms with Crippen LogP contribution in [0.25, 0.3) is 0 Å². The molecule has 1 unspecified atom stereocenters. The first-order chi connectivity index (χ1) is 9.06. The number of hydrogen-bond acceptors (Lipinski definition) is 3. The summed E-state index contributed by atoms with van der Waals surface area (Å²) in [6.07, 6.45) is 1.66. The zero-order chi connectivity index (χ0) is 14.0. The lowest BCUT2D eigenvalue weighted by atomic mass is 10.1. The highest BCUT2D eigenvalue weighted by Gasteiger charge is 2.19. The van der Waals surface area contributed by atoms with Gasteiger partial charge in [0.2, 0.25) is 0 Å². The summed E-state index contributed by atoms with van der Waals surface area (Å²) in [5.41, 5.74) is 1.81. The number of rotatable bonds is 4. The Balaban J connectivity index is 2.44. The number of ether oxygens (including phenoxy) is 2. The number of halogens is 2. The third-order valence-corrected chi connectivity index (χ3v) is 3.99. The minimum absolute atomic E-state index is 0.313. The molecule has 19 heavy (non-hydrogen) atoms. The van der Waals surface area contributed by atoms with Gasteiger partial charge in [-0.15, -0.1) is 11.6 Å². The highest BCUT2D eigenvalue weighted by molar-refractivity contribution is 9.10. The summed E-state index contributed by atoms with van der Waals surface area (Å²) >= 11 is 9.99. The van der Waals surface area contributed by atoms with E-state index in [4.69, 9.17) is 25.5 Å². The Morgan fingerprint density at radius 1 is 1.16 bits per heavy atom. The minimum atomic E-state index is -0.313. The van der Waals surface area contributed by atoms with Gasteiger partial charge in [-0.2, -0.15) is 0 Å². The van der Waals surface area contributed by atoms with Gasteiger partial charge in [0.05, 0.1) is 25.9 Å². The van der Waals surface area contributed by atoms with Crippen molar-refractivity contribution in [1.29, 1.82) is 0 Å². The van der Waals surface area contributed by atoms with Crippen molar-refractivity contribution in [3.63, 3.8) is 0 Å². The van der Waals surface area contributed by atoms with E-state index in [0.717, 1.165) is 21.4 Å². The minimum Gasteiger partial charge on any atom is -0.493 e. The van der Waals surface area contributed by atoms with Crippen molar-refractivity contribution in [2.75, 3.05) is 14.2 Å². The average Bonchev–Trinajstić information content (AvgIpc) is 2.84. The molecular weight excluding hydrogens is 332 g/mol. The van der Waals surface area contributed by atoms with E-state index >= 15 is 0 Å². The zero-order valence-electron chi connectivity index (χ0n) is 10.9. The molecule has 0 fully saturated rings. The summed E-state index contributed by atoms with van der Waals surface area (Å²) in [6, 6.07) is 5.63. The van der Waals surface area contributed by atoms with Crippen LogP contribution >= 0.6 is 27.5 Å². The first-order valence-electron chi connectivity index (χ1n) is 5.67. The lowest BCUT2D eigenvalue weighted by Gasteiger charge is -2.14. The zero-order valence-corrected chi connectivity index (χ0v) is 13.2. The maximum Gasteiger partial charge on any atom is 0.161 e. The van der Waals surface area contributed by atoms with Crippen molar-refractivity contribution in [2.24, 2.45) is 0 Å². The maximum atomic E-state index is 6.49. The summed E-state index contributed by atoms with van der Waals surface area (Å²) < 4.78 is 16.7. The van der Waals surface area contributed by atoms with Crippen molar-refractivity contribution in [1.82, 2.24) is 0 Å². The fraction of sp³-hybridized carbons (Fsp3) is 0.286. The van der Waals surface area contributed by atoms with Crippen LogP contribution in [0.5, 0.6) is 11.5 Å². The summed E-state index contributed by atoms with van der Waals surface area (Å²) in [4.78, 5) is 0. The van der Waals surface area contributed by atoms with Crippen LogP contribution in [0.3, 0.4) is 0 Å². The van der Waals surface area contributed by atoms with Crippen LogP contribution in [-0.2, 0) is 0 Å². The molecule has 1 atom stereocenters. The summed E-state index contributed by atoms with van der Waals surface area (Å²) in [5, 5.41) is -0.313. The van der Waals surface area contributed by atoms with E-state index < -0.39 is 0 Å². The molecule has 2 rings (SSSR count). The van der Waals surface area contributed by atoms with E-state index in [2.05, 4.69) is 15.9 Å². The lowest BCUT2D eigenvalue weighted by molar-refractivity contribution is 0.354. The topological polar surface area (TPSA) is 31.6 Å². The van der Waals surface area contributed by atoms with Crippen LogP contribution in [0.2, 0.25) is 0 Å². The van der Waals surface area contributed by atoms with Crippen LogP contribution < -0.4 is 9.47 Å². The highest BCUT2D eigenvalue weighted by Crippen LogP contribution is 2.40. The molecule has 2 aromatic rings. The smallest absolute Gasteiger partial charge is 0.161 e. The van der Waals surface area contributed by atoms with Crippen molar-refractivity contribution in [3.05, 3.63) is 45.8 Å². The van der Waals surface area contributed by atoms with E-state index in [1.807, 2.05) is 25.1 Å². The van der Waals surface area contributed by atoms with Crippen LogP contribution in [0.4, 0.5) is 0 Å². The van der Waals surface area contributed by atoms with Gasteiger partial charge in [-0.05, 0) is 30.7 Å². The molecule has 3 nitrogen and oxygen atoms in total. The molecule has 0 N–H and O–H groups in total. The molecule has 0 radical (unpaired) electrons. The Morgan fingerprint density at radius 2 is 1.79 bits per heavy atom. The summed E-state index contributed by atoms with van der Waals surface area (Å²) in [6.45, 7) is 1.89. The number of alkyl halides is 1. The van der Waals surface area contributed by atoms with Gasteiger partial charge in [-0.3, -0.25) is 0 Å². The molecule has 1 heterocycles. The number of benzene rings is 1. The second-order valence-corrected chi connectivity index (χ2v) is 5.37. The second kappa shape index (κ2) is 5.88. The molecule has 1 aromatic carbocycles. The SMILES string of the molecule is COc1cc(Br)c(C(Cl)c2coc(C)c2)cc1OC. The number of methoxy groups -OCH3 is 2. The van der Waals surface area contributed by atoms with Gasteiger partial charge < -0.3 is 13.9 Å². The second-order valence-electron chi connectivity index (χ2n) is 4.08. The molecule has 1 aromatic heterocycles. The predicted octanol–water partition coefficient (Wildman–Crippen LogP) is 4.70. The normalized spacial score (nSPS) is 12.3. The van der Waals surface area contributed by atoms with Gasteiger partial charge in [-0.25, -0.2) is 0 Å². The van der Waals surface area contributed by atoms with Gasteiger partial charge in [-0.1, -0.05) is 15.9 Å². The highest BCUT2D eigenvalue weighted by atomic mass is 79.9. The third-order valence-electron chi connectivity index (χ3n) is 2.82. The van der Waals surface area contributed by atoms with Crippen LogP contribution in [0, 0.1) is 6.92 Å². The largest absolute Gasteiger partial charge is 0.493 e. The molecule has 0 saturated carbocycles. The fourth-order valence-electron chi connectivity index (χ4n) is 1.84. The van der Waals surface area contributed by atoms with E-state index in [-0.39, 0.29) is 5.38 Å². The Bertz CT molecular complexity index is 580. The van der Waals surface area contributed by atoms with E-state index in [1.54, 1.807) is 20.5 Å². The summed E-state index contributed by atoms with van der Waals surface area (Å²) in [5.74, 6) is 2.13. The van der Waals surface area contributed by atoms with Crippen LogP contribution in [0.15, 0.2) is 33.4 Å². The molecule has 5 heteroatoms. The van der Waals surface area contributed by atoms with Gasteiger partial charge >= 0.3 is 0 Å². The maximum absolute atomic E-state index is 6.49. The van der Waals surface area contributed by atoms with E-state index in [0.29, 0.717) is 11.5 Å². The Hall–Kier alpha value is -1.13. The molecule has 0 aliphatic rings. The standard InChI is InChI=1S/C14H14BrClO3/c1-8-4-9(7-19-8)14(16)10-5-12(17-2)13(18-3)6-11(10)15/h4-7,14H,1-3H3. The van der Waals surface area contributed by atoms with Gasteiger partial charge in [0.15, 0.2) is 11.5 Å². The first kappa shape index (κ1) is 14.3. The first-order valence-corrected chi connectivity index (χ1v) is 6.90. The van der Waals surface area contributed by atoms with Crippen molar-refractivity contribution < 1.29 is 13.9 Å². The number of hydrogen-bond donors (Lipinski definition) is 0. The number of aryl methyl sites for hydroxylation is 1. The van der Waals surface area contributed by atoms with Crippen molar-refractivity contribution in [2.45, 2.75) is 12.3 Å².